The van der Waals surface area contributed by atoms with Gasteiger partial charge in [-0.25, -0.2) is 4.98 Å². The number of aromatic amines is 2. The van der Waals surface area contributed by atoms with Gasteiger partial charge in [-0.2, -0.15) is 5.10 Å². The van der Waals surface area contributed by atoms with Crippen molar-refractivity contribution in [2.75, 3.05) is 6.54 Å². The Morgan fingerprint density at radius 3 is 3.18 bits per heavy atom. The zero-order valence-corrected chi connectivity index (χ0v) is 9.98. The Kier molecular flexibility index (Phi) is 2.68. The van der Waals surface area contributed by atoms with Crippen LogP contribution in [0, 0.1) is 6.92 Å². The predicted molar refractivity (Wildman–Crippen MR) is 64.3 cm³/mol. The number of nitrogens with zero attached hydrogens (tertiary/aromatic N) is 3. The van der Waals surface area contributed by atoms with Crippen LogP contribution in [0.1, 0.15) is 36.0 Å². The number of aromatic nitrogens is 4. The molecule has 2 N–H and O–H groups in total. The van der Waals surface area contributed by atoms with Crippen molar-refractivity contribution >= 4 is 0 Å². The first-order valence-corrected chi connectivity index (χ1v) is 6.07. The highest BCUT2D eigenvalue weighted by Gasteiger charge is 2.28. The molecule has 1 aliphatic heterocycles. The summed E-state index contributed by atoms with van der Waals surface area (Å²) < 4.78 is 0. The lowest BCUT2D eigenvalue weighted by Crippen LogP contribution is -2.24. The summed E-state index contributed by atoms with van der Waals surface area (Å²) >= 11 is 0. The van der Waals surface area contributed by atoms with E-state index in [0.29, 0.717) is 6.04 Å². The van der Waals surface area contributed by atoms with Crippen LogP contribution in [0.3, 0.4) is 0 Å². The van der Waals surface area contributed by atoms with Crippen LogP contribution < -0.4 is 0 Å². The van der Waals surface area contributed by atoms with Crippen molar-refractivity contribution < 1.29 is 0 Å². The number of aryl methyl sites for hydroxylation is 1. The van der Waals surface area contributed by atoms with Crippen LogP contribution >= 0.6 is 0 Å². The zero-order valence-electron chi connectivity index (χ0n) is 9.98. The van der Waals surface area contributed by atoms with Gasteiger partial charge in [0.2, 0.25) is 0 Å². The molecule has 0 bridgehead atoms. The maximum atomic E-state index is 4.29. The van der Waals surface area contributed by atoms with Gasteiger partial charge in [-0.05, 0) is 31.9 Å². The van der Waals surface area contributed by atoms with Gasteiger partial charge < -0.3 is 4.98 Å². The van der Waals surface area contributed by atoms with Gasteiger partial charge in [-0.1, -0.05) is 0 Å². The van der Waals surface area contributed by atoms with E-state index in [1.54, 1.807) is 0 Å². The van der Waals surface area contributed by atoms with Gasteiger partial charge in [0.1, 0.15) is 5.82 Å². The minimum absolute atomic E-state index is 0.461. The third kappa shape index (κ3) is 1.98. The minimum atomic E-state index is 0.461. The maximum absolute atomic E-state index is 4.29. The van der Waals surface area contributed by atoms with Crippen molar-refractivity contribution in [3.63, 3.8) is 0 Å². The predicted octanol–water partition coefficient (Wildman–Crippen LogP) is 1.78. The highest BCUT2D eigenvalue weighted by Crippen LogP contribution is 2.32. The van der Waals surface area contributed by atoms with Crippen LogP contribution in [0.5, 0.6) is 0 Å². The number of imidazole rings is 1. The Balaban J connectivity index is 1.78. The summed E-state index contributed by atoms with van der Waals surface area (Å²) in [7, 11) is 0. The van der Waals surface area contributed by atoms with Gasteiger partial charge in [-0.15, -0.1) is 0 Å². The summed E-state index contributed by atoms with van der Waals surface area (Å²) in [5.41, 5.74) is 2.51. The van der Waals surface area contributed by atoms with Gasteiger partial charge in [0.05, 0.1) is 24.5 Å². The molecule has 0 amide bonds. The molecular weight excluding hydrogens is 214 g/mol. The van der Waals surface area contributed by atoms with Gasteiger partial charge in [0.25, 0.3) is 0 Å². The van der Waals surface area contributed by atoms with Crippen molar-refractivity contribution in [3.05, 3.63) is 35.7 Å². The fourth-order valence-electron chi connectivity index (χ4n) is 2.61. The molecule has 5 heteroatoms. The molecule has 0 aliphatic carbocycles. The zero-order chi connectivity index (χ0) is 11.7. The Morgan fingerprint density at radius 2 is 2.47 bits per heavy atom. The fourth-order valence-corrected chi connectivity index (χ4v) is 2.61. The average molecular weight is 231 g/mol. The first-order valence-electron chi connectivity index (χ1n) is 6.07. The lowest BCUT2D eigenvalue weighted by Gasteiger charge is -2.22. The molecular formula is C12H17N5. The number of likely N-dealkylation sites (tertiary alicyclic amines) is 1. The van der Waals surface area contributed by atoms with E-state index in [1.807, 2.05) is 18.6 Å². The molecule has 2 aromatic rings. The second-order valence-corrected chi connectivity index (χ2v) is 4.63. The van der Waals surface area contributed by atoms with E-state index in [1.165, 1.54) is 24.1 Å². The lowest BCUT2D eigenvalue weighted by atomic mass is 10.1. The van der Waals surface area contributed by atoms with Crippen molar-refractivity contribution in [1.29, 1.82) is 0 Å². The number of rotatable bonds is 3. The molecule has 0 spiro atoms. The number of hydrogen-bond acceptors (Lipinski definition) is 3. The van der Waals surface area contributed by atoms with Crippen LogP contribution in [-0.4, -0.2) is 31.6 Å². The van der Waals surface area contributed by atoms with Crippen molar-refractivity contribution in [2.45, 2.75) is 32.4 Å². The first kappa shape index (κ1) is 10.5. The molecule has 0 saturated carbocycles. The second kappa shape index (κ2) is 4.33. The van der Waals surface area contributed by atoms with Gasteiger partial charge in [0, 0.05) is 12.4 Å². The Bertz CT molecular complexity index is 473. The molecule has 0 unspecified atom stereocenters. The number of H-pyrrole nitrogens is 2. The van der Waals surface area contributed by atoms with Crippen molar-refractivity contribution in [3.8, 4) is 0 Å². The number of nitrogens with one attached hydrogen (secondary N) is 2. The van der Waals surface area contributed by atoms with Crippen LogP contribution in [0.15, 0.2) is 18.6 Å². The molecule has 3 heterocycles. The van der Waals surface area contributed by atoms with Gasteiger partial charge in [-0.3, -0.25) is 10.00 Å². The SMILES string of the molecule is Cc1cn[nH]c1[C@@H]1CCCN1Cc1ncc[nH]1. The largest absolute Gasteiger partial charge is 0.348 e. The molecule has 1 fully saturated rings. The van der Waals surface area contributed by atoms with E-state index < -0.39 is 0 Å². The summed E-state index contributed by atoms with van der Waals surface area (Å²) in [6.45, 7) is 4.13. The van der Waals surface area contributed by atoms with E-state index >= 15 is 0 Å². The van der Waals surface area contributed by atoms with Crippen LogP contribution in [0.25, 0.3) is 0 Å². The summed E-state index contributed by atoms with van der Waals surface area (Å²) in [6.07, 6.45) is 8.02. The smallest absolute Gasteiger partial charge is 0.120 e. The Morgan fingerprint density at radius 1 is 1.53 bits per heavy atom. The minimum Gasteiger partial charge on any atom is -0.348 e. The average Bonchev–Trinajstić information content (AvgIpc) is 3.00. The first-order chi connectivity index (χ1) is 8.34. The topological polar surface area (TPSA) is 60.6 Å². The molecule has 0 radical (unpaired) electrons. The van der Waals surface area contributed by atoms with Crippen LogP contribution in [-0.2, 0) is 6.54 Å². The van der Waals surface area contributed by atoms with Crippen molar-refractivity contribution in [1.82, 2.24) is 25.1 Å². The molecule has 2 aromatic heterocycles. The Hall–Kier alpha value is -1.62. The molecule has 17 heavy (non-hydrogen) atoms. The Labute approximate surface area is 100 Å². The van der Waals surface area contributed by atoms with Crippen molar-refractivity contribution in [2.24, 2.45) is 0 Å². The third-order valence-electron chi connectivity index (χ3n) is 3.47. The molecule has 1 aliphatic rings. The van der Waals surface area contributed by atoms with Crippen LogP contribution in [0.4, 0.5) is 0 Å². The summed E-state index contributed by atoms with van der Waals surface area (Å²) in [5, 5.41) is 7.26. The molecule has 3 rings (SSSR count). The standard InChI is InChI=1S/C12H17N5/c1-9-7-15-16-12(9)10-3-2-6-17(10)8-11-13-4-5-14-11/h4-5,7,10H,2-3,6,8H2,1H3,(H,13,14)(H,15,16)/t10-/m0/s1. The quantitative estimate of drug-likeness (QED) is 0.846. The molecule has 1 saturated heterocycles. The van der Waals surface area contributed by atoms with E-state index in [0.717, 1.165) is 18.9 Å². The highest BCUT2D eigenvalue weighted by molar-refractivity contribution is 5.19. The van der Waals surface area contributed by atoms with Gasteiger partial charge in [0.15, 0.2) is 0 Å². The summed E-state index contributed by atoms with van der Waals surface area (Å²) in [5.74, 6) is 1.04. The molecule has 0 aromatic carbocycles. The van der Waals surface area contributed by atoms with E-state index in [2.05, 4.69) is 32.0 Å². The maximum Gasteiger partial charge on any atom is 0.120 e. The molecule has 1 atom stereocenters. The monoisotopic (exact) mass is 231 g/mol. The van der Waals surface area contributed by atoms with E-state index in [9.17, 15) is 0 Å². The third-order valence-corrected chi connectivity index (χ3v) is 3.47. The molecule has 5 nitrogen and oxygen atoms in total. The summed E-state index contributed by atoms with van der Waals surface area (Å²) in [4.78, 5) is 9.92. The van der Waals surface area contributed by atoms with Crippen LogP contribution in [0.2, 0.25) is 0 Å². The normalized spacial score (nSPS) is 21.1. The van der Waals surface area contributed by atoms with Gasteiger partial charge >= 0.3 is 0 Å². The van der Waals surface area contributed by atoms with E-state index in [-0.39, 0.29) is 0 Å². The van der Waals surface area contributed by atoms with E-state index in [4.69, 9.17) is 0 Å². The second-order valence-electron chi connectivity index (χ2n) is 4.63. The highest BCUT2D eigenvalue weighted by atomic mass is 15.2. The summed E-state index contributed by atoms with van der Waals surface area (Å²) in [6, 6.07) is 0.461. The lowest BCUT2D eigenvalue weighted by molar-refractivity contribution is 0.238. The number of hydrogen-bond donors (Lipinski definition) is 2. The fraction of sp³-hybridized carbons (Fsp3) is 0.500. The molecule has 90 valence electrons.